The summed E-state index contributed by atoms with van der Waals surface area (Å²) in [4.78, 5) is 2.09. The van der Waals surface area contributed by atoms with Crippen molar-refractivity contribution < 1.29 is 23.0 Å². The summed E-state index contributed by atoms with van der Waals surface area (Å²) in [7, 11) is 1.96. The average Bonchev–Trinajstić information content (AvgIpc) is 3.20. The summed E-state index contributed by atoms with van der Waals surface area (Å²) >= 11 is 0. The van der Waals surface area contributed by atoms with E-state index < -0.39 is 17.4 Å². The molecule has 5 nitrogen and oxygen atoms in total. The Morgan fingerprint density at radius 3 is 2.30 bits per heavy atom. The third-order valence-electron chi connectivity index (χ3n) is 5.65. The molecule has 0 aliphatic carbocycles. The monoisotopic (exact) mass is 417 g/mol. The van der Waals surface area contributed by atoms with E-state index in [-0.39, 0.29) is 5.75 Å². The van der Waals surface area contributed by atoms with E-state index in [0.29, 0.717) is 24.2 Å². The number of alkyl halides is 3. The fourth-order valence-electron chi connectivity index (χ4n) is 4.43. The molecule has 0 unspecified atom stereocenters. The highest BCUT2D eigenvalue weighted by Gasteiger charge is 2.55. The highest BCUT2D eigenvalue weighted by atomic mass is 19.4. The molecule has 1 fully saturated rings. The molecule has 0 spiro atoms. The quantitative estimate of drug-likeness (QED) is 0.683. The van der Waals surface area contributed by atoms with E-state index in [1.165, 1.54) is 24.3 Å². The fourth-order valence-corrected chi connectivity index (χ4v) is 4.43. The van der Waals surface area contributed by atoms with Gasteiger partial charge in [0.1, 0.15) is 11.4 Å². The van der Waals surface area contributed by atoms with Gasteiger partial charge in [0.25, 0.3) is 0 Å². The Kier molecular flexibility index (Phi) is 4.86. The second-order valence-corrected chi connectivity index (χ2v) is 8.02. The molecule has 1 aliphatic heterocycles. The molecule has 0 amide bonds. The van der Waals surface area contributed by atoms with Crippen molar-refractivity contribution in [3.05, 3.63) is 78.1 Å². The highest BCUT2D eigenvalue weighted by molar-refractivity contribution is 5.46. The van der Waals surface area contributed by atoms with Gasteiger partial charge < -0.3 is 14.7 Å². The molecule has 158 valence electrons. The van der Waals surface area contributed by atoms with Crippen LogP contribution < -0.4 is 4.74 Å². The topological polar surface area (TPSA) is 50.5 Å². The lowest BCUT2D eigenvalue weighted by molar-refractivity contribution is -0.274. The Balaban J connectivity index is 1.78. The van der Waals surface area contributed by atoms with Crippen LogP contribution >= 0.6 is 0 Å². The van der Waals surface area contributed by atoms with Gasteiger partial charge >= 0.3 is 6.36 Å². The van der Waals surface area contributed by atoms with Gasteiger partial charge in [-0.2, -0.15) is 5.10 Å². The van der Waals surface area contributed by atoms with Crippen LogP contribution in [0.3, 0.4) is 0 Å². The lowest BCUT2D eigenvalue weighted by atomic mass is 9.62. The number of benzene rings is 2. The van der Waals surface area contributed by atoms with Crippen molar-refractivity contribution in [2.45, 2.75) is 18.9 Å². The molecule has 0 saturated carbocycles. The number of hydrogen-bond donors (Lipinski definition) is 1. The summed E-state index contributed by atoms with van der Waals surface area (Å²) in [5.74, 6) is -0.324. The van der Waals surface area contributed by atoms with E-state index in [0.717, 1.165) is 5.69 Å². The van der Waals surface area contributed by atoms with Crippen molar-refractivity contribution in [1.29, 1.82) is 0 Å². The molecule has 4 rings (SSSR count). The Morgan fingerprint density at radius 1 is 1.03 bits per heavy atom. The van der Waals surface area contributed by atoms with Crippen molar-refractivity contribution in [1.82, 2.24) is 14.7 Å². The van der Waals surface area contributed by atoms with E-state index in [2.05, 4.69) is 14.7 Å². The maximum Gasteiger partial charge on any atom is 0.573 e. The van der Waals surface area contributed by atoms with Crippen molar-refractivity contribution >= 4 is 0 Å². The Bertz CT molecular complexity index is 1010. The van der Waals surface area contributed by atoms with Crippen LogP contribution in [0.4, 0.5) is 13.2 Å². The highest BCUT2D eigenvalue weighted by Crippen LogP contribution is 2.50. The molecular weight excluding hydrogens is 395 g/mol. The van der Waals surface area contributed by atoms with E-state index in [9.17, 15) is 18.3 Å². The zero-order valence-corrected chi connectivity index (χ0v) is 16.6. The first kappa shape index (κ1) is 20.4. The van der Waals surface area contributed by atoms with E-state index in [1.807, 2.05) is 38.2 Å². The van der Waals surface area contributed by atoms with Gasteiger partial charge in [0.05, 0.1) is 5.69 Å². The third kappa shape index (κ3) is 3.57. The minimum atomic E-state index is -4.77. The van der Waals surface area contributed by atoms with Crippen molar-refractivity contribution in [2.24, 2.45) is 5.41 Å². The summed E-state index contributed by atoms with van der Waals surface area (Å²) in [5, 5.41) is 16.3. The smallest absolute Gasteiger partial charge is 0.406 e. The van der Waals surface area contributed by atoms with Crippen LogP contribution in [0, 0.1) is 5.41 Å². The summed E-state index contributed by atoms with van der Waals surface area (Å²) in [6.45, 7) is 3.25. The summed E-state index contributed by atoms with van der Waals surface area (Å²) in [5.41, 5.74) is -0.0129. The number of likely N-dealkylation sites (tertiary alicyclic amines) is 1. The molecule has 1 saturated heterocycles. The third-order valence-corrected chi connectivity index (χ3v) is 5.65. The Hall–Kier alpha value is -2.84. The number of rotatable bonds is 5. The van der Waals surface area contributed by atoms with Crippen LogP contribution in [0.5, 0.6) is 5.75 Å². The second-order valence-electron chi connectivity index (χ2n) is 8.02. The first-order valence-corrected chi connectivity index (χ1v) is 9.48. The lowest BCUT2D eigenvalue weighted by Crippen LogP contribution is -2.63. The molecule has 0 radical (unpaired) electrons. The normalized spacial score (nSPS) is 18.5. The largest absolute Gasteiger partial charge is 0.573 e. The maximum atomic E-state index is 12.5. The maximum absolute atomic E-state index is 12.5. The first-order chi connectivity index (χ1) is 14.1. The van der Waals surface area contributed by atoms with Crippen molar-refractivity contribution in [3.8, 4) is 11.4 Å². The molecule has 8 heteroatoms. The molecule has 1 atom stereocenters. The molecule has 3 aromatic rings. The summed E-state index contributed by atoms with van der Waals surface area (Å²) in [6.07, 6.45) is -1.29. The van der Waals surface area contributed by atoms with Crippen LogP contribution in [0.1, 0.15) is 18.1 Å². The number of nitrogens with zero attached hydrogens (tertiary/aromatic N) is 3. The number of ether oxygens (including phenoxy) is 1. The van der Waals surface area contributed by atoms with E-state index in [4.69, 9.17) is 0 Å². The second kappa shape index (κ2) is 7.14. The predicted octanol–water partition coefficient (Wildman–Crippen LogP) is 3.96. The lowest BCUT2D eigenvalue weighted by Gasteiger charge is -2.56. The minimum absolute atomic E-state index is 0.324. The molecule has 1 aromatic heterocycles. The zero-order valence-electron chi connectivity index (χ0n) is 16.6. The molecular formula is C22H22F3N3O2. The molecule has 0 bridgehead atoms. The minimum Gasteiger partial charge on any atom is -0.406 e. The van der Waals surface area contributed by atoms with Gasteiger partial charge in [-0.15, -0.1) is 13.2 Å². The van der Waals surface area contributed by atoms with Gasteiger partial charge in [-0.1, -0.05) is 31.2 Å². The summed E-state index contributed by atoms with van der Waals surface area (Å²) in [6, 6.07) is 14.7. The summed E-state index contributed by atoms with van der Waals surface area (Å²) < 4.78 is 43.3. The number of aromatic nitrogens is 2. The molecule has 1 N–H and O–H groups in total. The number of aliphatic hydroxyl groups is 1. The van der Waals surface area contributed by atoms with Gasteiger partial charge in [0.15, 0.2) is 0 Å². The SMILES string of the molecule is CN1CC(C)([C@](O)(c2ccc(OC(F)(F)F)cc2)c2cccc(-n3cccn3)c2)C1. The van der Waals surface area contributed by atoms with Crippen LogP contribution in [-0.4, -0.2) is 46.3 Å². The van der Waals surface area contributed by atoms with Gasteiger partial charge in [-0.25, -0.2) is 4.68 Å². The van der Waals surface area contributed by atoms with Gasteiger partial charge in [0.2, 0.25) is 0 Å². The van der Waals surface area contributed by atoms with Gasteiger partial charge in [-0.05, 0) is 48.5 Å². The zero-order chi connectivity index (χ0) is 21.6. The van der Waals surface area contributed by atoms with E-state index in [1.54, 1.807) is 23.1 Å². The Labute approximate surface area is 172 Å². The van der Waals surface area contributed by atoms with Gasteiger partial charge in [0, 0.05) is 30.9 Å². The molecule has 30 heavy (non-hydrogen) atoms. The van der Waals surface area contributed by atoms with Crippen LogP contribution in [-0.2, 0) is 5.60 Å². The number of halogens is 3. The van der Waals surface area contributed by atoms with Crippen LogP contribution in [0.2, 0.25) is 0 Å². The first-order valence-electron chi connectivity index (χ1n) is 9.48. The molecule has 2 heterocycles. The van der Waals surface area contributed by atoms with Gasteiger partial charge in [-0.3, -0.25) is 0 Å². The Morgan fingerprint density at radius 2 is 1.73 bits per heavy atom. The van der Waals surface area contributed by atoms with E-state index >= 15 is 0 Å². The fraction of sp³-hybridized carbons (Fsp3) is 0.318. The number of hydrogen-bond acceptors (Lipinski definition) is 4. The van der Waals surface area contributed by atoms with Crippen LogP contribution in [0.25, 0.3) is 5.69 Å². The van der Waals surface area contributed by atoms with Crippen molar-refractivity contribution in [2.75, 3.05) is 20.1 Å². The van der Waals surface area contributed by atoms with Crippen molar-refractivity contribution in [3.63, 3.8) is 0 Å². The van der Waals surface area contributed by atoms with Crippen LogP contribution in [0.15, 0.2) is 67.0 Å². The average molecular weight is 417 g/mol. The molecule has 2 aromatic carbocycles. The predicted molar refractivity (Wildman–Crippen MR) is 105 cm³/mol. The standard InChI is InChI=1S/C22H22F3N3O2/c1-20(14-27(2)15-20)21(29,16-7-9-19(10-8-16)30-22(23,24)25)17-5-3-6-18(13-17)28-12-4-11-26-28/h3-13,29H,14-15H2,1-2H3/t21-/m0/s1. The molecule has 1 aliphatic rings.